The maximum atomic E-state index is 12.5. The maximum absolute atomic E-state index is 12.5. The summed E-state index contributed by atoms with van der Waals surface area (Å²) in [5.74, 6) is 2.35. The van der Waals surface area contributed by atoms with Gasteiger partial charge in [0.1, 0.15) is 5.82 Å². The molecule has 1 heterocycles. The Kier molecular flexibility index (Phi) is 7.15. The fourth-order valence-electron chi connectivity index (χ4n) is 3.42. The zero-order chi connectivity index (χ0) is 19.9. The van der Waals surface area contributed by atoms with Crippen LogP contribution in [0, 0.1) is 5.92 Å². The van der Waals surface area contributed by atoms with Crippen molar-refractivity contribution in [2.75, 3.05) is 12.0 Å². The van der Waals surface area contributed by atoms with Gasteiger partial charge in [-0.1, -0.05) is 56.3 Å². The third-order valence-electron chi connectivity index (χ3n) is 4.72. The van der Waals surface area contributed by atoms with E-state index in [1.54, 1.807) is 11.8 Å². The number of thioether (sulfide) groups is 1. The Morgan fingerprint density at radius 2 is 1.82 bits per heavy atom. The first-order chi connectivity index (χ1) is 13.6. The van der Waals surface area contributed by atoms with Gasteiger partial charge >= 0.3 is 0 Å². The van der Waals surface area contributed by atoms with Gasteiger partial charge in [0, 0.05) is 13.0 Å². The van der Waals surface area contributed by atoms with E-state index in [1.807, 2.05) is 24.3 Å². The molecule has 1 aromatic heterocycles. The minimum Gasteiger partial charge on any atom is -0.346 e. The maximum Gasteiger partial charge on any atom is 0.220 e. The summed E-state index contributed by atoms with van der Waals surface area (Å²) in [6.07, 6.45) is 3.50. The number of nitrogens with one attached hydrogen (secondary N) is 1. The summed E-state index contributed by atoms with van der Waals surface area (Å²) < 4.78 is 2.26. The molecule has 0 saturated heterocycles. The van der Waals surface area contributed by atoms with Crippen LogP contribution in [-0.2, 0) is 11.3 Å². The smallest absolute Gasteiger partial charge is 0.220 e. The Hall–Kier alpha value is -2.27. The van der Waals surface area contributed by atoms with E-state index in [-0.39, 0.29) is 11.9 Å². The lowest BCUT2D eigenvalue weighted by Gasteiger charge is -2.20. The molecule has 0 spiro atoms. The number of hydrogen-bond donors (Lipinski definition) is 1. The van der Waals surface area contributed by atoms with E-state index in [9.17, 15) is 4.79 Å². The van der Waals surface area contributed by atoms with Crippen molar-refractivity contribution < 1.29 is 4.79 Å². The molecule has 28 heavy (non-hydrogen) atoms. The van der Waals surface area contributed by atoms with Gasteiger partial charge in [0.25, 0.3) is 0 Å². The molecular weight excluding hydrogens is 366 g/mol. The van der Waals surface area contributed by atoms with Crippen LogP contribution in [0.25, 0.3) is 11.0 Å². The molecule has 1 unspecified atom stereocenters. The van der Waals surface area contributed by atoms with Gasteiger partial charge in [0.2, 0.25) is 5.91 Å². The van der Waals surface area contributed by atoms with Crippen molar-refractivity contribution >= 4 is 28.7 Å². The molecule has 0 fully saturated rings. The van der Waals surface area contributed by atoms with E-state index < -0.39 is 0 Å². The molecule has 1 atom stereocenters. The Morgan fingerprint density at radius 1 is 1.11 bits per heavy atom. The van der Waals surface area contributed by atoms with Crippen molar-refractivity contribution in [2.24, 2.45) is 5.92 Å². The van der Waals surface area contributed by atoms with Crippen LogP contribution in [-0.4, -0.2) is 27.5 Å². The fourth-order valence-corrected chi connectivity index (χ4v) is 3.89. The zero-order valence-corrected chi connectivity index (χ0v) is 17.7. The Balaban J connectivity index is 1.99. The normalized spacial score (nSPS) is 12.4. The van der Waals surface area contributed by atoms with Crippen LogP contribution in [0.5, 0.6) is 0 Å². The quantitative estimate of drug-likeness (QED) is 0.552. The summed E-state index contributed by atoms with van der Waals surface area (Å²) in [6, 6.07) is 18.5. The van der Waals surface area contributed by atoms with Crippen LogP contribution in [0.4, 0.5) is 0 Å². The molecule has 2 aromatic carbocycles. The predicted octanol–water partition coefficient (Wildman–Crippen LogP) is 5.04. The fraction of sp³-hybridized carbons (Fsp3) is 0.391. The van der Waals surface area contributed by atoms with E-state index >= 15 is 0 Å². The monoisotopic (exact) mass is 395 g/mol. The van der Waals surface area contributed by atoms with Gasteiger partial charge in [-0.05, 0) is 42.0 Å². The molecule has 4 nitrogen and oxygen atoms in total. The van der Waals surface area contributed by atoms with Crippen LogP contribution in [0.15, 0.2) is 54.6 Å². The Morgan fingerprint density at radius 3 is 2.54 bits per heavy atom. The Labute approximate surface area is 171 Å². The number of nitrogens with zero attached hydrogens (tertiary/aromatic N) is 2. The summed E-state index contributed by atoms with van der Waals surface area (Å²) in [6.45, 7) is 4.88. The van der Waals surface area contributed by atoms with Gasteiger partial charge in [-0.15, -0.1) is 0 Å². The number of rotatable bonds is 9. The third-order valence-corrected chi connectivity index (χ3v) is 5.36. The van der Waals surface area contributed by atoms with Gasteiger partial charge in [-0.3, -0.25) is 4.79 Å². The number of carbonyl (C=O) groups is 1. The molecule has 0 aliphatic rings. The minimum atomic E-state index is -0.0881. The second-order valence-electron chi connectivity index (χ2n) is 7.53. The number of aromatic nitrogens is 2. The van der Waals surface area contributed by atoms with Gasteiger partial charge in [-0.2, -0.15) is 11.8 Å². The van der Waals surface area contributed by atoms with Gasteiger partial charge in [0.05, 0.1) is 17.1 Å². The predicted molar refractivity (Wildman–Crippen MR) is 119 cm³/mol. The molecule has 1 N–H and O–H groups in total. The number of imidazole rings is 1. The van der Waals surface area contributed by atoms with E-state index in [0.29, 0.717) is 12.3 Å². The lowest BCUT2D eigenvalue weighted by atomic mass is 10.1. The number of benzene rings is 2. The molecule has 5 heteroatoms. The summed E-state index contributed by atoms with van der Waals surface area (Å²) in [7, 11) is 0. The largest absolute Gasteiger partial charge is 0.346 e. The number of para-hydroxylation sites is 2. The van der Waals surface area contributed by atoms with E-state index in [2.05, 4.69) is 60.3 Å². The molecule has 0 bridgehead atoms. The second kappa shape index (κ2) is 9.78. The number of amides is 1. The van der Waals surface area contributed by atoms with Crippen LogP contribution >= 0.6 is 11.8 Å². The van der Waals surface area contributed by atoms with E-state index in [4.69, 9.17) is 4.98 Å². The number of carbonyl (C=O) groups excluding carboxylic acids is 1. The van der Waals surface area contributed by atoms with Crippen molar-refractivity contribution in [1.82, 2.24) is 14.9 Å². The van der Waals surface area contributed by atoms with E-state index in [0.717, 1.165) is 35.6 Å². The van der Waals surface area contributed by atoms with Crippen molar-refractivity contribution in [2.45, 2.75) is 39.3 Å². The highest BCUT2D eigenvalue weighted by Gasteiger charge is 2.22. The van der Waals surface area contributed by atoms with Crippen LogP contribution in [0.1, 0.15) is 44.1 Å². The van der Waals surface area contributed by atoms with Gasteiger partial charge in [0.15, 0.2) is 0 Å². The van der Waals surface area contributed by atoms with Gasteiger partial charge < -0.3 is 9.88 Å². The third kappa shape index (κ3) is 5.16. The first kappa shape index (κ1) is 20.5. The highest BCUT2D eigenvalue weighted by molar-refractivity contribution is 7.98. The lowest BCUT2D eigenvalue weighted by molar-refractivity contribution is -0.122. The first-order valence-corrected chi connectivity index (χ1v) is 11.2. The molecule has 3 rings (SSSR count). The second-order valence-corrected chi connectivity index (χ2v) is 8.52. The summed E-state index contributed by atoms with van der Waals surface area (Å²) in [5.41, 5.74) is 3.30. The molecule has 3 aromatic rings. The Bertz CT molecular complexity index is 905. The summed E-state index contributed by atoms with van der Waals surface area (Å²) >= 11 is 1.79. The van der Waals surface area contributed by atoms with Crippen molar-refractivity contribution in [3.8, 4) is 0 Å². The molecule has 0 aliphatic heterocycles. The van der Waals surface area contributed by atoms with Crippen LogP contribution < -0.4 is 5.32 Å². The molecule has 1 amide bonds. The van der Waals surface area contributed by atoms with E-state index in [1.165, 1.54) is 5.56 Å². The number of fused-ring (bicyclic) bond motifs is 1. The topological polar surface area (TPSA) is 46.9 Å². The zero-order valence-electron chi connectivity index (χ0n) is 16.9. The SMILES string of the molecule is CSCCC(NC(=O)CC(C)C)c1nc2ccccc2n1Cc1ccccc1. The van der Waals surface area contributed by atoms with Crippen molar-refractivity contribution in [1.29, 1.82) is 0 Å². The van der Waals surface area contributed by atoms with Crippen molar-refractivity contribution in [3.63, 3.8) is 0 Å². The average molecular weight is 396 g/mol. The average Bonchev–Trinajstić information content (AvgIpc) is 3.04. The van der Waals surface area contributed by atoms with Crippen molar-refractivity contribution in [3.05, 3.63) is 66.0 Å². The first-order valence-electron chi connectivity index (χ1n) is 9.86. The highest BCUT2D eigenvalue weighted by Crippen LogP contribution is 2.25. The van der Waals surface area contributed by atoms with Crippen LogP contribution in [0.2, 0.25) is 0 Å². The van der Waals surface area contributed by atoms with Crippen LogP contribution in [0.3, 0.4) is 0 Å². The molecule has 0 saturated carbocycles. The molecular formula is C23H29N3OS. The summed E-state index contributed by atoms with van der Waals surface area (Å²) in [4.78, 5) is 17.5. The van der Waals surface area contributed by atoms with Gasteiger partial charge in [-0.25, -0.2) is 4.98 Å². The minimum absolute atomic E-state index is 0.0881. The summed E-state index contributed by atoms with van der Waals surface area (Å²) in [5, 5.41) is 3.25. The number of hydrogen-bond acceptors (Lipinski definition) is 3. The lowest BCUT2D eigenvalue weighted by Crippen LogP contribution is -2.31. The highest BCUT2D eigenvalue weighted by atomic mass is 32.2. The standard InChI is InChI=1S/C23H29N3OS/c1-17(2)15-22(27)24-20(13-14-28-3)23-25-19-11-7-8-12-21(19)26(23)16-18-9-5-4-6-10-18/h4-12,17,20H,13-16H2,1-3H3,(H,24,27). The molecule has 0 radical (unpaired) electrons. The molecule has 148 valence electrons. The molecule has 0 aliphatic carbocycles.